The SMILES string of the molecule is COC(C)(OC)c1ccc2ccccc2c1Br. The van der Waals surface area contributed by atoms with Crippen molar-refractivity contribution in [1.82, 2.24) is 0 Å². The summed E-state index contributed by atoms with van der Waals surface area (Å²) in [5.41, 5.74) is 0.987. The number of hydrogen-bond acceptors (Lipinski definition) is 2. The van der Waals surface area contributed by atoms with Crippen molar-refractivity contribution in [3.8, 4) is 0 Å². The Morgan fingerprint density at radius 3 is 2.29 bits per heavy atom. The van der Waals surface area contributed by atoms with Gasteiger partial charge in [0, 0.05) is 24.3 Å². The van der Waals surface area contributed by atoms with Gasteiger partial charge < -0.3 is 9.47 Å². The molecule has 90 valence electrons. The summed E-state index contributed by atoms with van der Waals surface area (Å²) in [5, 5.41) is 2.35. The summed E-state index contributed by atoms with van der Waals surface area (Å²) in [5.74, 6) is -0.733. The first-order valence-electron chi connectivity index (χ1n) is 5.40. The van der Waals surface area contributed by atoms with E-state index in [4.69, 9.17) is 9.47 Å². The first kappa shape index (κ1) is 12.6. The highest BCUT2D eigenvalue weighted by atomic mass is 79.9. The van der Waals surface area contributed by atoms with Crippen LogP contribution in [0.3, 0.4) is 0 Å². The van der Waals surface area contributed by atoms with Crippen molar-refractivity contribution in [2.75, 3.05) is 14.2 Å². The third kappa shape index (κ3) is 2.10. The van der Waals surface area contributed by atoms with Crippen LogP contribution in [0, 0.1) is 0 Å². The number of benzene rings is 2. The van der Waals surface area contributed by atoms with E-state index in [1.165, 1.54) is 5.39 Å². The van der Waals surface area contributed by atoms with Crippen LogP contribution in [0.5, 0.6) is 0 Å². The van der Waals surface area contributed by atoms with Gasteiger partial charge in [0.15, 0.2) is 5.79 Å². The van der Waals surface area contributed by atoms with Crippen molar-refractivity contribution >= 4 is 26.7 Å². The number of methoxy groups -OCH3 is 2. The van der Waals surface area contributed by atoms with Gasteiger partial charge in [0.2, 0.25) is 0 Å². The molecule has 0 atom stereocenters. The van der Waals surface area contributed by atoms with Gasteiger partial charge in [-0.3, -0.25) is 0 Å². The lowest BCUT2D eigenvalue weighted by molar-refractivity contribution is -0.202. The van der Waals surface area contributed by atoms with Crippen LogP contribution in [0.25, 0.3) is 10.8 Å². The lowest BCUT2D eigenvalue weighted by Crippen LogP contribution is -2.27. The molecule has 0 aliphatic heterocycles. The van der Waals surface area contributed by atoms with Gasteiger partial charge in [-0.15, -0.1) is 0 Å². The predicted molar refractivity (Wildman–Crippen MR) is 73.0 cm³/mol. The van der Waals surface area contributed by atoms with E-state index in [0.717, 1.165) is 15.4 Å². The van der Waals surface area contributed by atoms with Crippen LogP contribution in [-0.2, 0) is 15.3 Å². The van der Waals surface area contributed by atoms with Crippen LogP contribution in [-0.4, -0.2) is 14.2 Å². The minimum Gasteiger partial charge on any atom is -0.349 e. The van der Waals surface area contributed by atoms with E-state index >= 15 is 0 Å². The number of fused-ring (bicyclic) bond motifs is 1. The minimum atomic E-state index is -0.733. The Hall–Kier alpha value is -0.900. The Bertz CT molecular complexity index is 533. The van der Waals surface area contributed by atoms with E-state index in [0.29, 0.717) is 0 Å². The minimum absolute atomic E-state index is 0.733. The second-order valence-electron chi connectivity index (χ2n) is 4.00. The van der Waals surface area contributed by atoms with Gasteiger partial charge in [-0.1, -0.05) is 36.4 Å². The summed E-state index contributed by atoms with van der Waals surface area (Å²) in [7, 11) is 3.29. The van der Waals surface area contributed by atoms with E-state index in [2.05, 4.69) is 34.1 Å². The zero-order valence-corrected chi connectivity index (χ0v) is 11.7. The van der Waals surface area contributed by atoms with Crippen LogP contribution in [0.15, 0.2) is 40.9 Å². The van der Waals surface area contributed by atoms with Crippen molar-refractivity contribution in [3.05, 3.63) is 46.4 Å². The first-order chi connectivity index (χ1) is 8.12. The summed E-state index contributed by atoms with van der Waals surface area (Å²) < 4.78 is 11.9. The van der Waals surface area contributed by atoms with Gasteiger partial charge in [-0.05, 0) is 33.6 Å². The molecule has 0 amide bonds. The Labute approximate surface area is 110 Å². The summed E-state index contributed by atoms with van der Waals surface area (Å²) in [6, 6.07) is 12.3. The molecule has 2 nitrogen and oxygen atoms in total. The third-order valence-corrected chi connectivity index (χ3v) is 3.99. The van der Waals surface area contributed by atoms with Crippen LogP contribution in [0.1, 0.15) is 12.5 Å². The molecule has 0 unspecified atom stereocenters. The van der Waals surface area contributed by atoms with Gasteiger partial charge in [0.05, 0.1) is 0 Å². The van der Waals surface area contributed by atoms with E-state index in [9.17, 15) is 0 Å². The number of ether oxygens (including phenoxy) is 2. The lowest BCUT2D eigenvalue weighted by Gasteiger charge is -2.28. The van der Waals surface area contributed by atoms with E-state index in [1.807, 2.05) is 25.1 Å². The quantitative estimate of drug-likeness (QED) is 0.795. The average Bonchev–Trinajstić information content (AvgIpc) is 2.38. The molecule has 0 radical (unpaired) electrons. The second kappa shape index (κ2) is 4.77. The molecule has 0 N–H and O–H groups in total. The zero-order valence-electron chi connectivity index (χ0n) is 10.2. The molecule has 0 fully saturated rings. The molecule has 3 heteroatoms. The number of rotatable bonds is 3. The summed E-state index contributed by atoms with van der Waals surface area (Å²) in [6.07, 6.45) is 0. The highest BCUT2D eigenvalue weighted by molar-refractivity contribution is 9.10. The van der Waals surface area contributed by atoms with Gasteiger partial charge >= 0.3 is 0 Å². The van der Waals surface area contributed by atoms with Crippen molar-refractivity contribution < 1.29 is 9.47 Å². The molecular formula is C14H15BrO2. The lowest BCUT2D eigenvalue weighted by atomic mass is 10.0. The number of halogens is 1. The molecular weight excluding hydrogens is 280 g/mol. The zero-order chi connectivity index (χ0) is 12.5. The monoisotopic (exact) mass is 294 g/mol. The van der Waals surface area contributed by atoms with Crippen molar-refractivity contribution in [1.29, 1.82) is 0 Å². The first-order valence-corrected chi connectivity index (χ1v) is 6.19. The summed E-state index contributed by atoms with van der Waals surface area (Å²) in [4.78, 5) is 0. The summed E-state index contributed by atoms with van der Waals surface area (Å²) >= 11 is 3.64. The molecule has 0 saturated heterocycles. The maximum absolute atomic E-state index is 5.45. The molecule has 0 bridgehead atoms. The molecule has 17 heavy (non-hydrogen) atoms. The molecule has 0 spiro atoms. The molecule has 0 saturated carbocycles. The van der Waals surface area contributed by atoms with Gasteiger partial charge in [0.25, 0.3) is 0 Å². The van der Waals surface area contributed by atoms with E-state index in [1.54, 1.807) is 14.2 Å². The largest absolute Gasteiger partial charge is 0.349 e. The highest BCUT2D eigenvalue weighted by Gasteiger charge is 2.28. The summed E-state index contributed by atoms with van der Waals surface area (Å²) in [6.45, 7) is 1.90. The standard InChI is InChI=1S/C14H15BrO2/c1-14(16-2,17-3)12-9-8-10-6-4-5-7-11(10)13(12)15/h4-9H,1-3H3. The molecule has 0 aromatic heterocycles. The van der Waals surface area contributed by atoms with E-state index in [-0.39, 0.29) is 0 Å². The Morgan fingerprint density at radius 2 is 1.65 bits per heavy atom. The second-order valence-corrected chi connectivity index (χ2v) is 4.80. The molecule has 2 rings (SSSR count). The molecule has 2 aromatic carbocycles. The normalized spacial score (nSPS) is 12.0. The highest BCUT2D eigenvalue weighted by Crippen LogP contribution is 2.36. The fraction of sp³-hybridized carbons (Fsp3) is 0.286. The van der Waals surface area contributed by atoms with Crippen LogP contribution >= 0.6 is 15.9 Å². The Kier molecular flexibility index (Phi) is 3.52. The number of hydrogen-bond donors (Lipinski definition) is 0. The molecule has 0 aliphatic rings. The van der Waals surface area contributed by atoms with Crippen LogP contribution in [0.2, 0.25) is 0 Å². The van der Waals surface area contributed by atoms with Crippen molar-refractivity contribution in [2.24, 2.45) is 0 Å². The van der Waals surface area contributed by atoms with Crippen molar-refractivity contribution in [2.45, 2.75) is 12.7 Å². The topological polar surface area (TPSA) is 18.5 Å². The Balaban J connectivity index is 2.68. The van der Waals surface area contributed by atoms with E-state index < -0.39 is 5.79 Å². The average molecular weight is 295 g/mol. The fourth-order valence-corrected chi connectivity index (χ4v) is 2.74. The third-order valence-electron chi connectivity index (χ3n) is 3.13. The van der Waals surface area contributed by atoms with Crippen LogP contribution in [0.4, 0.5) is 0 Å². The molecule has 0 heterocycles. The van der Waals surface area contributed by atoms with Crippen LogP contribution < -0.4 is 0 Å². The maximum Gasteiger partial charge on any atom is 0.192 e. The molecule has 2 aromatic rings. The van der Waals surface area contributed by atoms with Crippen molar-refractivity contribution in [3.63, 3.8) is 0 Å². The smallest absolute Gasteiger partial charge is 0.192 e. The van der Waals surface area contributed by atoms with Gasteiger partial charge in [0.1, 0.15) is 0 Å². The Morgan fingerprint density at radius 1 is 1.00 bits per heavy atom. The van der Waals surface area contributed by atoms with Gasteiger partial charge in [-0.25, -0.2) is 0 Å². The van der Waals surface area contributed by atoms with Gasteiger partial charge in [-0.2, -0.15) is 0 Å². The predicted octanol–water partition coefficient (Wildman–Crippen LogP) is 4.07. The molecule has 0 aliphatic carbocycles. The maximum atomic E-state index is 5.45. The fourth-order valence-electron chi connectivity index (χ4n) is 1.89.